The van der Waals surface area contributed by atoms with Gasteiger partial charge in [-0.05, 0) is 30.0 Å². The van der Waals surface area contributed by atoms with E-state index in [1.165, 1.54) is 12.4 Å². The first kappa shape index (κ1) is 24.2. The zero-order valence-electron chi connectivity index (χ0n) is 20.3. The van der Waals surface area contributed by atoms with Crippen LogP contribution in [-0.4, -0.2) is 53.1 Å². The Bertz CT molecular complexity index is 1610. The molecule has 0 atom stereocenters. The molecule has 4 aromatic rings. The second-order valence-electron chi connectivity index (χ2n) is 9.21. The Balaban J connectivity index is 1.37. The minimum atomic E-state index is -2.97. The van der Waals surface area contributed by atoms with Crippen molar-refractivity contribution in [2.24, 2.45) is 0 Å². The summed E-state index contributed by atoms with van der Waals surface area (Å²) in [7, 11) is -2.97. The Kier molecular flexibility index (Phi) is 5.74. The summed E-state index contributed by atoms with van der Waals surface area (Å²) >= 11 is 0. The fraction of sp³-hybridized carbons (Fsp3) is 0.250. The largest absolute Gasteiger partial charge is 0.455 e. The van der Waals surface area contributed by atoms with Crippen molar-refractivity contribution in [2.45, 2.75) is 19.9 Å². The molecule has 0 unspecified atom stereocenters. The van der Waals surface area contributed by atoms with Crippen molar-refractivity contribution in [1.82, 2.24) is 25.1 Å². The molecule has 1 aromatic carbocycles. The van der Waals surface area contributed by atoms with Crippen LogP contribution in [0.4, 0.5) is 27.4 Å². The van der Waals surface area contributed by atoms with E-state index in [0.29, 0.717) is 52.2 Å². The van der Waals surface area contributed by atoms with E-state index in [1.807, 2.05) is 6.07 Å². The molecule has 5 heterocycles. The minimum absolute atomic E-state index is 0.0519. The molecule has 0 aliphatic carbocycles. The molecule has 7 N–H and O–H groups in total. The van der Waals surface area contributed by atoms with Gasteiger partial charge in [0.25, 0.3) is 0 Å². The average molecular weight is 541 g/mol. The van der Waals surface area contributed by atoms with Gasteiger partial charge in [-0.2, -0.15) is 5.10 Å². The summed E-state index contributed by atoms with van der Waals surface area (Å²) in [5.74, 6) is 0.154. The Morgan fingerprint density at radius 1 is 1.16 bits per heavy atom. The lowest BCUT2D eigenvalue weighted by Gasteiger charge is -2.28. The summed E-state index contributed by atoms with van der Waals surface area (Å²) < 4.78 is 42.7. The highest BCUT2D eigenvalue weighted by Crippen LogP contribution is 2.45. The summed E-state index contributed by atoms with van der Waals surface area (Å²) in [5, 5.41) is 14.5. The van der Waals surface area contributed by atoms with Crippen molar-refractivity contribution in [2.75, 3.05) is 34.7 Å². The molecule has 2 aliphatic rings. The van der Waals surface area contributed by atoms with Gasteiger partial charge in [-0.3, -0.25) is 18.6 Å². The molecule has 6 rings (SSSR count). The predicted molar refractivity (Wildman–Crippen MR) is 143 cm³/mol. The Hall–Kier alpha value is -4.14. The number of pyridine rings is 2. The number of benzene rings is 1. The van der Waals surface area contributed by atoms with Gasteiger partial charge in [0.05, 0.1) is 5.69 Å². The number of carbonyl (C=O) groups excluding carboxylic acids is 1. The molecule has 3 aromatic heterocycles. The van der Waals surface area contributed by atoms with Crippen molar-refractivity contribution < 1.29 is 23.0 Å². The monoisotopic (exact) mass is 540 g/mol. The van der Waals surface area contributed by atoms with E-state index < -0.39 is 16.4 Å². The maximum absolute atomic E-state index is 15.5. The highest BCUT2D eigenvalue weighted by Gasteiger charge is 2.25. The number of nitrogens with two attached hydrogens (primary N) is 1. The van der Waals surface area contributed by atoms with Gasteiger partial charge >= 0.3 is 0 Å². The number of rotatable bonds is 3. The second kappa shape index (κ2) is 9.01. The molecule has 0 radical (unpaired) electrons. The summed E-state index contributed by atoms with van der Waals surface area (Å²) in [6.45, 7) is 2.46. The molecule has 198 valence electrons. The highest BCUT2D eigenvalue weighted by atomic mass is 32.3. The van der Waals surface area contributed by atoms with Gasteiger partial charge in [0.15, 0.2) is 17.6 Å². The molecule has 0 fully saturated rings. The van der Waals surface area contributed by atoms with Crippen LogP contribution in [0.2, 0.25) is 0 Å². The van der Waals surface area contributed by atoms with Crippen molar-refractivity contribution in [3.63, 3.8) is 0 Å². The van der Waals surface area contributed by atoms with Crippen LogP contribution < -0.4 is 26.4 Å². The standard InChI is InChI=1S/C24H25FN8O4S/c1-12-16(7-29-24-23(12)30-10-38(35,36)11-37-24)15-4-13-5-18(28-8-17(13)22(26)21(15)25)31-19-6-14-2-3-27-20(34)9-33(14)32-19/h4-8,30,35-36H,2-3,9-11,26H2,1H3,(H,27,34)(H,28,31,32). The second-order valence-corrected chi connectivity index (χ2v) is 11.3. The smallest absolute Gasteiger partial charge is 0.241 e. The van der Waals surface area contributed by atoms with E-state index in [4.69, 9.17) is 10.5 Å². The molecule has 38 heavy (non-hydrogen) atoms. The molecular weight excluding hydrogens is 515 g/mol. The summed E-state index contributed by atoms with van der Waals surface area (Å²) in [6, 6.07) is 5.28. The lowest BCUT2D eigenvalue weighted by molar-refractivity contribution is -0.121. The third kappa shape index (κ3) is 4.31. The van der Waals surface area contributed by atoms with Gasteiger partial charge in [-0.1, -0.05) is 0 Å². The van der Waals surface area contributed by atoms with Crippen molar-refractivity contribution in [3.05, 3.63) is 47.7 Å². The van der Waals surface area contributed by atoms with E-state index in [2.05, 4.69) is 31.0 Å². The van der Waals surface area contributed by atoms with Gasteiger partial charge in [0.2, 0.25) is 11.8 Å². The van der Waals surface area contributed by atoms with Gasteiger partial charge in [0.1, 0.15) is 23.9 Å². The molecule has 0 saturated heterocycles. The first-order chi connectivity index (χ1) is 18.2. The first-order valence-electron chi connectivity index (χ1n) is 11.8. The molecular formula is C24H25FN8O4S. The maximum Gasteiger partial charge on any atom is 0.241 e. The van der Waals surface area contributed by atoms with Crippen LogP contribution in [0.25, 0.3) is 21.9 Å². The number of nitrogens with zero attached hydrogens (tertiary/aromatic N) is 4. The fourth-order valence-electron chi connectivity index (χ4n) is 4.62. The summed E-state index contributed by atoms with van der Waals surface area (Å²) in [4.78, 5) is 20.5. The first-order valence-corrected chi connectivity index (χ1v) is 13.7. The van der Waals surface area contributed by atoms with Crippen LogP contribution in [0.15, 0.2) is 30.6 Å². The number of hydrogen-bond acceptors (Lipinski definition) is 10. The molecule has 2 aliphatic heterocycles. The zero-order valence-corrected chi connectivity index (χ0v) is 21.1. The normalized spacial score (nSPS) is 17.2. The Morgan fingerprint density at radius 2 is 2.00 bits per heavy atom. The van der Waals surface area contributed by atoms with Gasteiger partial charge in [-0.25, -0.2) is 14.4 Å². The molecule has 0 bridgehead atoms. The molecule has 0 spiro atoms. The number of nitrogens with one attached hydrogen (secondary N) is 3. The van der Waals surface area contributed by atoms with Crippen molar-refractivity contribution in [1.29, 1.82) is 0 Å². The van der Waals surface area contributed by atoms with Gasteiger partial charge < -0.3 is 26.4 Å². The van der Waals surface area contributed by atoms with Crippen molar-refractivity contribution in [3.8, 4) is 17.0 Å². The van der Waals surface area contributed by atoms with Crippen molar-refractivity contribution >= 4 is 50.3 Å². The summed E-state index contributed by atoms with van der Waals surface area (Å²) in [6.07, 6.45) is 3.64. The molecule has 12 nitrogen and oxygen atoms in total. The number of fused-ring (bicyclic) bond motifs is 3. The SMILES string of the molecule is Cc1c(-c2cc3cc(Nc4cc5n(n4)CC(=O)NCC5)ncc3c(N)c2F)cnc2c1NCS(O)(O)CO2. The number of halogens is 1. The molecule has 1 amide bonds. The third-order valence-electron chi connectivity index (χ3n) is 6.57. The fourth-order valence-corrected chi connectivity index (χ4v) is 5.38. The van der Waals surface area contributed by atoms with Crippen LogP contribution in [-0.2, 0) is 17.8 Å². The molecule has 0 saturated carbocycles. The average Bonchev–Trinajstić information content (AvgIpc) is 3.04. The topological polar surface area (TPSA) is 172 Å². The quantitative estimate of drug-likeness (QED) is 0.211. The Labute approximate surface area is 217 Å². The predicted octanol–water partition coefficient (Wildman–Crippen LogP) is 3.41. The van der Waals surface area contributed by atoms with E-state index in [0.717, 1.165) is 5.69 Å². The van der Waals surface area contributed by atoms with E-state index >= 15 is 4.39 Å². The van der Waals surface area contributed by atoms with Gasteiger partial charge in [-0.15, -0.1) is 10.6 Å². The van der Waals surface area contributed by atoms with E-state index in [1.54, 1.807) is 23.7 Å². The van der Waals surface area contributed by atoms with Crippen LogP contribution in [0.3, 0.4) is 0 Å². The van der Waals surface area contributed by atoms with Gasteiger partial charge in [0, 0.05) is 53.6 Å². The number of ether oxygens (including phenoxy) is 1. The number of amides is 1. The minimum Gasteiger partial charge on any atom is -0.455 e. The summed E-state index contributed by atoms with van der Waals surface area (Å²) in [5.41, 5.74) is 8.86. The number of aromatic nitrogens is 4. The number of anilines is 4. The van der Waals surface area contributed by atoms with Crippen LogP contribution in [0.1, 0.15) is 11.3 Å². The number of nitrogen functional groups attached to an aromatic ring is 1. The van der Waals surface area contributed by atoms with Crippen LogP contribution in [0.5, 0.6) is 5.88 Å². The van der Waals surface area contributed by atoms with E-state index in [9.17, 15) is 13.9 Å². The number of hydrogen-bond donors (Lipinski definition) is 6. The van der Waals surface area contributed by atoms with Crippen LogP contribution in [0, 0.1) is 12.7 Å². The third-order valence-corrected chi connectivity index (χ3v) is 7.68. The maximum atomic E-state index is 15.5. The zero-order chi connectivity index (χ0) is 26.6. The lowest BCUT2D eigenvalue weighted by atomic mass is 9.97. The van der Waals surface area contributed by atoms with E-state index in [-0.39, 0.29) is 41.4 Å². The highest BCUT2D eigenvalue weighted by molar-refractivity contribution is 8.24. The Morgan fingerprint density at radius 3 is 2.84 bits per heavy atom. The lowest BCUT2D eigenvalue weighted by Crippen LogP contribution is -2.25. The van der Waals surface area contributed by atoms with Crippen LogP contribution >= 0.6 is 10.6 Å². The molecule has 14 heteroatoms. The number of carbonyl (C=O) groups is 1.